The molecule has 0 aromatic rings. The molecule has 0 N–H and O–H groups in total. The molecule has 1 heterocycles. The van der Waals surface area contributed by atoms with Crippen LogP contribution in [-0.2, 0) is 29.7 Å². The fraction of sp³-hybridized carbons (Fsp3) is 1.00. The predicted octanol–water partition coefficient (Wildman–Crippen LogP) is 1.42. The van der Waals surface area contributed by atoms with E-state index in [1.54, 1.807) is 21.3 Å². The number of hydrogen-bond acceptors (Lipinski definition) is 7. The van der Waals surface area contributed by atoms with Crippen molar-refractivity contribution in [1.82, 2.24) is 0 Å². The Morgan fingerprint density at radius 3 is 1.91 bits per heavy atom. The Hall–Kier alpha value is 0.804. The minimum absolute atomic E-state index is 0.664. The second kappa shape index (κ2) is 8.26. The maximum atomic E-state index is 6.41. The van der Waals surface area contributed by atoms with E-state index in [4.69, 9.17) is 29.7 Å². The summed E-state index contributed by atoms with van der Waals surface area (Å²) in [6.45, 7) is 10.3. The molecule has 0 amide bonds. The first-order chi connectivity index (χ1) is 10.1. The predicted molar refractivity (Wildman–Crippen MR) is 95.9 cm³/mol. The van der Waals surface area contributed by atoms with Crippen LogP contribution in [-0.4, -0.2) is 65.8 Å². The largest absolute Gasteiger partial charge is 0.500 e. The van der Waals surface area contributed by atoms with Crippen molar-refractivity contribution in [2.24, 2.45) is 0 Å². The number of hydrogen-bond donors (Lipinski definition) is 0. The molecular weight excluding hydrogens is 373 g/mol. The Morgan fingerprint density at radius 2 is 1.41 bits per heavy atom. The van der Waals surface area contributed by atoms with Crippen LogP contribution in [0, 0.1) is 0 Å². The highest BCUT2D eigenvalue weighted by Crippen LogP contribution is 2.29. The first-order valence-electron chi connectivity index (χ1n) is 7.46. The molecule has 1 saturated heterocycles. The van der Waals surface area contributed by atoms with Gasteiger partial charge in [0, 0.05) is 27.4 Å². The van der Waals surface area contributed by atoms with Gasteiger partial charge in [0.1, 0.15) is 0 Å². The molecule has 0 radical (unpaired) electrons. The molecule has 1 aliphatic rings. The van der Waals surface area contributed by atoms with Crippen molar-refractivity contribution in [2.75, 3.05) is 21.3 Å². The standard InChI is InChI=1S/C10H30O7Si5/c1-11-22(12-2,13-3)10-9-21(8)16-19(5)14-18(4)15-20(6,7)17-21/h18-19H,9-10H2,1-8H3. The molecule has 0 bridgehead atoms. The zero-order chi connectivity index (χ0) is 17.0. The molecule has 0 spiro atoms. The smallest absolute Gasteiger partial charge is 0.420 e. The van der Waals surface area contributed by atoms with Gasteiger partial charge in [-0.05, 0) is 38.8 Å². The van der Waals surface area contributed by atoms with Gasteiger partial charge in [-0.25, -0.2) is 0 Å². The van der Waals surface area contributed by atoms with Crippen molar-refractivity contribution in [3.05, 3.63) is 0 Å². The van der Waals surface area contributed by atoms with Gasteiger partial charge < -0.3 is 29.7 Å². The Balaban J connectivity index is 2.83. The molecule has 1 aliphatic heterocycles. The van der Waals surface area contributed by atoms with Crippen LogP contribution in [0.25, 0.3) is 0 Å². The third kappa shape index (κ3) is 6.02. The van der Waals surface area contributed by atoms with Crippen molar-refractivity contribution in [1.29, 1.82) is 0 Å². The maximum absolute atomic E-state index is 6.41. The summed E-state index contributed by atoms with van der Waals surface area (Å²) >= 11 is 0. The third-order valence-corrected chi connectivity index (χ3v) is 21.6. The van der Waals surface area contributed by atoms with Crippen LogP contribution in [0.1, 0.15) is 0 Å². The maximum Gasteiger partial charge on any atom is 0.500 e. The second-order valence-electron chi connectivity index (χ2n) is 5.94. The summed E-state index contributed by atoms with van der Waals surface area (Å²) < 4.78 is 41.3. The zero-order valence-corrected chi connectivity index (χ0v) is 20.2. The average molecular weight is 403 g/mol. The molecule has 1 rings (SSSR count). The molecular formula is C10H30O7Si5. The van der Waals surface area contributed by atoms with Crippen LogP contribution in [0.15, 0.2) is 0 Å². The Bertz CT molecular complexity index is 348. The van der Waals surface area contributed by atoms with E-state index in [2.05, 4.69) is 19.6 Å². The molecule has 0 aliphatic carbocycles. The summed E-state index contributed by atoms with van der Waals surface area (Å²) in [5.74, 6) is 0. The van der Waals surface area contributed by atoms with Crippen LogP contribution < -0.4 is 0 Å². The van der Waals surface area contributed by atoms with Gasteiger partial charge in [0.15, 0.2) is 0 Å². The minimum Gasteiger partial charge on any atom is -0.420 e. The van der Waals surface area contributed by atoms with Crippen LogP contribution >= 0.6 is 0 Å². The van der Waals surface area contributed by atoms with Crippen LogP contribution in [0.4, 0.5) is 0 Å². The lowest BCUT2D eigenvalue weighted by molar-refractivity contribution is 0.124. The summed E-state index contributed by atoms with van der Waals surface area (Å²) in [6, 6.07) is 1.41. The molecule has 7 nitrogen and oxygen atoms in total. The summed E-state index contributed by atoms with van der Waals surface area (Å²) in [5.41, 5.74) is 0. The molecule has 0 aromatic carbocycles. The molecule has 22 heavy (non-hydrogen) atoms. The molecule has 132 valence electrons. The Morgan fingerprint density at radius 1 is 0.909 bits per heavy atom. The average Bonchev–Trinajstić information content (AvgIpc) is 2.37. The van der Waals surface area contributed by atoms with Gasteiger partial charge in [-0.2, -0.15) is 0 Å². The summed E-state index contributed by atoms with van der Waals surface area (Å²) in [5, 5.41) is 0. The zero-order valence-electron chi connectivity index (χ0n) is 14.9. The summed E-state index contributed by atoms with van der Waals surface area (Å²) in [4.78, 5) is 0. The van der Waals surface area contributed by atoms with Gasteiger partial charge in [0.2, 0.25) is 0 Å². The van der Waals surface area contributed by atoms with E-state index in [0.717, 1.165) is 6.04 Å². The number of rotatable bonds is 6. The lowest BCUT2D eigenvalue weighted by atomic mass is 10.9. The highest BCUT2D eigenvalue weighted by atomic mass is 28.5. The van der Waals surface area contributed by atoms with Crippen LogP contribution in [0.5, 0.6) is 0 Å². The van der Waals surface area contributed by atoms with Gasteiger partial charge >= 0.3 is 25.9 Å². The highest BCUT2D eigenvalue weighted by molar-refractivity contribution is 6.86. The second-order valence-corrected chi connectivity index (χ2v) is 20.7. The van der Waals surface area contributed by atoms with E-state index in [1.165, 1.54) is 0 Å². The van der Waals surface area contributed by atoms with Gasteiger partial charge in [-0.15, -0.1) is 0 Å². The minimum atomic E-state index is -2.63. The first-order valence-corrected chi connectivity index (χ1v) is 18.9. The fourth-order valence-corrected chi connectivity index (χ4v) is 22.7. The quantitative estimate of drug-likeness (QED) is 0.622. The molecule has 3 unspecified atom stereocenters. The normalized spacial score (nSPS) is 33.3. The monoisotopic (exact) mass is 402 g/mol. The Kier molecular flexibility index (Phi) is 7.83. The van der Waals surface area contributed by atoms with Gasteiger partial charge in [0.05, 0.1) is 0 Å². The fourth-order valence-electron chi connectivity index (χ4n) is 2.69. The van der Waals surface area contributed by atoms with Crippen molar-refractivity contribution < 1.29 is 29.7 Å². The van der Waals surface area contributed by atoms with Gasteiger partial charge in [-0.3, -0.25) is 0 Å². The van der Waals surface area contributed by atoms with E-state index in [9.17, 15) is 0 Å². The molecule has 3 atom stereocenters. The summed E-state index contributed by atoms with van der Waals surface area (Å²) in [6.07, 6.45) is 0. The lowest BCUT2D eigenvalue weighted by Crippen LogP contribution is -2.58. The third-order valence-electron chi connectivity index (χ3n) is 3.53. The van der Waals surface area contributed by atoms with E-state index < -0.39 is 44.5 Å². The molecule has 0 saturated carbocycles. The van der Waals surface area contributed by atoms with E-state index in [0.29, 0.717) is 6.04 Å². The topological polar surface area (TPSA) is 64.6 Å². The van der Waals surface area contributed by atoms with Crippen molar-refractivity contribution in [3.8, 4) is 0 Å². The van der Waals surface area contributed by atoms with Crippen molar-refractivity contribution >= 4 is 44.5 Å². The van der Waals surface area contributed by atoms with Crippen LogP contribution in [0.3, 0.4) is 0 Å². The van der Waals surface area contributed by atoms with Gasteiger partial charge in [0.25, 0.3) is 18.6 Å². The van der Waals surface area contributed by atoms with Crippen molar-refractivity contribution in [2.45, 2.75) is 44.8 Å². The molecule has 12 heteroatoms. The highest BCUT2D eigenvalue weighted by Gasteiger charge is 2.48. The van der Waals surface area contributed by atoms with Gasteiger partial charge in [-0.1, -0.05) is 0 Å². The van der Waals surface area contributed by atoms with E-state index in [1.807, 2.05) is 13.1 Å². The summed E-state index contributed by atoms with van der Waals surface area (Å²) in [7, 11) is -5.79. The van der Waals surface area contributed by atoms with E-state index >= 15 is 0 Å². The molecule has 0 aromatic heterocycles. The van der Waals surface area contributed by atoms with Crippen molar-refractivity contribution in [3.63, 3.8) is 0 Å². The lowest BCUT2D eigenvalue weighted by Gasteiger charge is -2.41. The first kappa shape index (κ1) is 20.8. The Labute approximate surface area is 140 Å². The SMILES string of the molecule is CO[Si](CC[Si]1(C)O[SiH](C)O[SiH](C)O[Si](C)(C)O1)(OC)OC. The van der Waals surface area contributed by atoms with Crippen LogP contribution in [0.2, 0.25) is 44.8 Å². The molecule has 1 fully saturated rings. The van der Waals surface area contributed by atoms with E-state index in [-0.39, 0.29) is 0 Å².